The molecule has 1 N–H and O–H groups in total. The van der Waals surface area contributed by atoms with Gasteiger partial charge in [-0.05, 0) is 55.2 Å². The minimum Gasteiger partial charge on any atom is -0.310 e. The van der Waals surface area contributed by atoms with Gasteiger partial charge in [-0.3, -0.25) is 4.79 Å². The number of hydrogen-bond acceptors (Lipinski definition) is 2. The first kappa shape index (κ1) is 13.3. The average Bonchev–Trinajstić information content (AvgIpc) is 2.90. The van der Waals surface area contributed by atoms with Gasteiger partial charge in [0.05, 0.1) is 5.41 Å². The Bertz CT molecular complexity index is 590. The molecule has 2 saturated carbocycles. The van der Waals surface area contributed by atoms with Gasteiger partial charge in [0.15, 0.2) is 0 Å². The van der Waals surface area contributed by atoms with Crippen LogP contribution in [-0.4, -0.2) is 10.9 Å². The molecule has 0 saturated heterocycles. The van der Waals surface area contributed by atoms with E-state index >= 15 is 0 Å². The van der Waals surface area contributed by atoms with Crippen molar-refractivity contribution in [3.8, 4) is 0 Å². The molecule has 2 bridgehead atoms. The molecule has 3 nitrogen and oxygen atoms in total. The van der Waals surface area contributed by atoms with Crippen molar-refractivity contribution in [2.75, 3.05) is 5.32 Å². The standard InChI is InChI=1S/C17H22N2O/c1-11-6-8-18-14(9-11)19-15(20)17-7-5-13(10-17)16(3,4)12(17)2/h6,8-9,13H,2,5,7,10H2,1,3-4H3,(H,18,19,20)/t13-,17-/m0/s1. The number of anilines is 1. The largest absolute Gasteiger partial charge is 0.310 e. The SMILES string of the molecule is C=C1C(C)(C)[C@H]2CC[C@]1(C(=O)Nc1cc(C)ccn1)C2. The predicted molar refractivity (Wildman–Crippen MR) is 80.3 cm³/mol. The monoisotopic (exact) mass is 270 g/mol. The second kappa shape index (κ2) is 4.18. The third-order valence-corrected chi connectivity index (χ3v) is 5.48. The summed E-state index contributed by atoms with van der Waals surface area (Å²) in [5, 5.41) is 3.00. The zero-order chi connectivity index (χ0) is 14.5. The molecule has 3 heteroatoms. The molecule has 20 heavy (non-hydrogen) atoms. The van der Waals surface area contributed by atoms with Gasteiger partial charge in [-0.1, -0.05) is 26.0 Å². The maximum Gasteiger partial charge on any atom is 0.235 e. The third-order valence-electron chi connectivity index (χ3n) is 5.48. The molecule has 3 rings (SSSR count). The maximum atomic E-state index is 12.8. The molecule has 1 heterocycles. The van der Waals surface area contributed by atoms with Gasteiger partial charge >= 0.3 is 0 Å². The number of nitrogens with zero attached hydrogens (tertiary/aromatic N) is 1. The van der Waals surface area contributed by atoms with Crippen molar-refractivity contribution in [3.63, 3.8) is 0 Å². The summed E-state index contributed by atoms with van der Waals surface area (Å²) in [5.41, 5.74) is 1.91. The number of aromatic nitrogens is 1. The van der Waals surface area contributed by atoms with E-state index in [0.29, 0.717) is 11.7 Å². The van der Waals surface area contributed by atoms with Crippen LogP contribution in [0.3, 0.4) is 0 Å². The van der Waals surface area contributed by atoms with Gasteiger partial charge in [0.25, 0.3) is 0 Å². The van der Waals surface area contributed by atoms with Crippen molar-refractivity contribution in [2.45, 2.75) is 40.0 Å². The van der Waals surface area contributed by atoms with E-state index in [2.05, 4.69) is 30.7 Å². The molecule has 1 aromatic rings. The molecule has 106 valence electrons. The molecule has 0 radical (unpaired) electrons. The molecule has 1 amide bonds. The second-order valence-electron chi connectivity index (χ2n) is 6.89. The molecule has 2 aliphatic carbocycles. The summed E-state index contributed by atoms with van der Waals surface area (Å²) in [6, 6.07) is 3.83. The summed E-state index contributed by atoms with van der Waals surface area (Å²) >= 11 is 0. The quantitative estimate of drug-likeness (QED) is 0.832. The molecule has 2 aliphatic rings. The van der Waals surface area contributed by atoms with Gasteiger partial charge in [-0.2, -0.15) is 0 Å². The molecule has 2 fully saturated rings. The summed E-state index contributed by atoms with van der Waals surface area (Å²) in [6.07, 6.45) is 4.72. The van der Waals surface area contributed by atoms with Crippen LogP contribution in [0.15, 0.2) is 30.5 Å². The Labute approximate surface area is 120 Å². The van der Waals surface area contributed by atoms with Crippen LogP contribution in [0.5, 0.6) is 0 Å². The average molecular weight is 270 g/mol. The summed E-state index contributed by atoms with van der Waals surface area (Å²) in [5.74, 6) is 1.31. The van der Waals surface area contributed by atoms with Crippen LogP contribution < -0.4 is 5.32 Å². The highest BCUT2D eigenvalue weighted by Crippen LogP contribution is 2.65. The molecule has 0 unspecified atom stereocenters. The van der Waals surface area contributed by atoms with E-state index in [1.165, 1.54) is 0 Å². The highest BCUT2D eigenvalue weighted by molar-refractivity contribution is 5.97. The van der Waals surface area contributed by atoms with E-state index in [1.807, 2.05) is 19.1 Å². The Morgan fingerprint density at radius 2 is 2.25 bits per heavy atom. The van der Waals surface area contributed by atoms with Gasteiger partial charge in [0.2, 0.25) is 5.91 Å². The van der Waals surface area contributed by atoms with Gasteiger partial charge in [0.1, 0.15) is 5.82 Å². The first-order valence-corrected chi connectivity index (χ1v) is 7.30. The highest BCUT2D eigenvalue weighted by atomic mass is 16.2. The minimum absolute atomic E-state index is 0.0775. The highest BCUT2D eigenvalue weighted by Gasteiger charge is 2.60. The number of carbonyl (C=O) groups excluding carboxylic acids is 1. The van der Waals surface area contributed by atoms with Crippen LogP contribution in [0.25, 0.3) is 0 Å². The van der Waals surface area contributed by atoms with Crippen LogP contribution in [0, 0.1) is 23.7 Å². The number of fused-ring (bicyclic) bond motifs is 2. The lowest BCUT2D eigenvalue weighted by molar-refractivity contribution is -0.123. The first-order chi connectivity index (χ1) is 9.36. The molecule has 2 atom stereocenters. The minimum atomic E-state index is -0.375. The van der Waals surface area contributed by atoms with Gasteiger partial charge < -0.3 is 5.32 Å². The summed E-state index contributed by atoms with van der Waals surface area (Å²) in [4.78, 5) is 17.0. The lowest BCUT2D eigenvalue weighted by Crippen LogP contribution is -2.37. The first-order valence-electron chi connectivity index (χ1n) is 7.30. The molecule has 0 aromatic carbocycles. The summed E-state index contributed by atoms with van der Waals surface area (Å²) in [6.45, 7) is 10.7. The topological polar surface area (TPSA) is 42.0 Å². The van der Waals surface area contributed by atoms with Gasteiger partial charge in [-0.25, -0.2) is 4.98 Å². The lowest BCUT2D eigenvalue weighted by atomic mass is 9.68. The zero-order valence-corrected chi connectivity index (χ0v) is 12.5. The molecule has 0 aliphatic heterocycles. The van der Waals surface area contributed by atoms with Crippen molar-refractivity contribution in [1.82, 2.24) is 4.98 Å². The van der Waals surface area contributed by atoms with Crippen LogP contribution >= 0.6 is 0 Å². The van der Waals surface area contributed by atoms with Crippen molar-refractivity contribution in [2.24, 2.45) is 16.7 Å². The van der Waals surface area contributed by atoms with E-state index in [4.69, 9.17) is 0 Å². The van der Waals surface area contributed by atoms with E-state index in [9.17, 15) is 4.79 Å². The van der Waals surface area contributed by atoms with E-state index in [-0.39, 0.29) is 16.7 Å². The van der Waals surface area contributed by atoms with Crippen molar-refractivity contribution in [3.05, 3.63) is 36.0 Å². The fourth-order valence-corrected chi connectivity index (χ4v) is 3.98. The fourth-order valence-electron chi connectivity index (χ4n) is 3.98. The number of nitrogens with one attached hydrogen (secondary N) is 1. The summed E-state index contributed by atoms with van der Waals surface area (Å²) in [7, 11) is 0. The Balaban J connectivity index is 1.86. The molecular weight excluding hydrogens is 248 g/mol. The summed E-state index contributed by atoms with van der Waals surface area (Å²) < 4.78 is 0. The Morgan fingerprint density at radius 3 is 2.85 bits per heavy atom. The Kier molecular flexibility index (Phi) is 2.79. The Morgan fingerprint density at radius 1 is 1.50 bits per heavy atom. The Hall–Kier alpha value is -1.64. The van der Waals surface area contributed by atoms with E-state index in [1.54, 1.807) is 6.20 Å². The number of aryl methyl sites for hydroxylation is 1. The molecular formula is C17H22N2O. The number of amides is 1. The molecule has 1 aromatic heterocycles. The fraction of sp³-hybridized carbons (Fsp3) is 0.529. The van der Waals surface area contributed by atoms with Gasteiger partial charge in [-0.15, -0.1) is 0 Å². The number of pyridine rings is 1. The smallest absolute Gasteiger partial charge is 0.235 e. The van der Waals surface area contributed by atoms with Crippen LogP contribution in [0.2, 0.25) is 0 Å². The van der Waals surface area contributed by atoms with Crippen LogP contribution in [0.4, 0.5) is 5.82 Å². The number of rotatable bonds is 2. The number of hydrogen-bond donors (Lipinski definition) is 1. The van der Waals surface area contributed by atoms with Crippen molar-refractivity contribution >= 4 is 11.7 Å². The van der Waals surface area contributed by atoms with Crippen LogP contribution in [-0.2, 0) is 4.79 Å². The molecule has 0 spiro atoms. The van der Waals surface area contributed by atoms with E-state index in [0.717, 1.165) is 30.4 Å². The third kappa shape index (κ3) is 1.72. The number of carbonyl (C=O) groups is 1. The van der Waals surface area contributed by atoms with Gasteiger partial charge in [0, 0.05) is 6.20 Å². The van der Waals surface area contributed by atoms with Crippen molar-refractivity contribution in [1.29, 1.82) is 0 Å². The lowest BCUT2D eigenvalue weighted by Gasteiger charge is -2.37. The normalized spacial score (nSPS) is 30.6. The second-order valence-corrected chi connectivity index (χ2v) is 6.89. The predicted octanol–water partition coefficient (Wildman–Crippen LogP) is 3.71. The van der Waals surface area contributed by atoms with Crippen molar-refractivity contribution < 1.29 is 4.79 Å². The van der Waals surface area contributed by atoms with Crippen LogP contribution in [0.1, 0.15) is 38.7 Å². The zero-order valence-electron chi connectivity index (χ0n) is 12.5. The van der Waals surface area contributed by atoms with E-state index < -0.39 is 0 Å². The maximum absolute atomic E-state index is 12.8.